The summed E-state index contributed by atoms with van der Waals surface area (Å²) in [7, 11) is 0. The number of piperazine rings is 1. The van der Waals surface area contributed by atoms with Gasteiger partial charge in [0.2, 0.25) is 11.8 Å². The minimum atomic E-state index is 0.104. The van der Waals surface area contributed by atoms with Crippen LogP contribution in [0, 0.1) is 11.8 Å². The molecule has 0 aromatic carbocycles. The maximum absolute atomic E-state index is 13.0. The monoisotopic (exact) mass is 384 g/mol. The van der Waals surface area contributed by atoms with E-state index in [0.717, 1.165) is 83.6 Å². The first-order valence-corrected chi connectivity index (χ1v) is 11.0. The largest absolute Gasteiger partial charge is 0.353 e. The van der Waals surface area contributed by atoms with Crippen LogP contribution in [0.15, 0.2) is 24.4 Å². The highest BCUT2D eigenvalue weighted by Gasteiger charge is 2.35. The van der Waals surface area contributed by atoms with E-state index in [1.165, 1.54) is 6.42 Å². The Morgan fingerprint density at radius 3 is 1.86 bits per heavy atom. The molecule has 1 aromatic rings. The van der Waals surface area contributed by atoms with Crippen LogP contribution in [-0.4, -0.2) is 65.9 Å². The molecule has 0 bridgehead atoms. The van der Waals surface area contributed by atoms with Crippen LogP contribution < -0.4 is 4.90 Å². The molecule has 3 fully saturated rings. The van der Waals surface area contributed by atoms with Gasteiger partial charge in [0, 0.05) is 57.3 Å². The summed E-state index contributed by atoms with van der Waals surface area (Å²) in [4.78, 5) is 36.4. The zero-order valence-corrected chi connectivity index (χ0v) is 16.8. The Morgan fingerprint density at radius 2 is 1.32 bits per heavy atom. The number of likely N-dealkylation sites (tertiary alicyclic amines) is 1. The first-order chi connectivity index (χ1) is 13.7. The first-order valence-electron chi connectivity index (χ1n) is 11.0. The fourth-order valence-electron chi connectivity index (χ4n) is 4.91. The fraction of sp³-hybridized carbons (Fsp3) is 0.682. The van der Waals surface area contributed by atoms with Crippen LogP contribution in [0.1, 0.15) is 44.9 Å². The predicted octanol–water partition coefficient (Wildman–Crippen LogP) is 2.55. The molecule has 0 unspecified atom stereocenters. The molecule has 0 atom stereocenters. The van der Waals surface area contributed by atoms with Crippen LogP contribution in [0.2, 0.25) is 0 Å². The minimum Gasteiger partial charge on any atom is -0.353 e. The molecule has 1 aromatic heterocycles. The summed E-state index contributed by atoms with van der Waals surface area (Å²) in [6, 6.07) is 5.96. The average molecular weight is 385 g/mol. The lowest BCUT2D eigenvalue weighted by Crippen LogP contribution is -2.51. The van der Waals surface area contributed by atoms with Crippen LogP contribution in [0.25, 0.3) is 0 Å². The molecule has 6 heteroatoms. The SMILES string of the molecule is O=C(C1CCC(C(=O)N2CCN(c3ccccn3)CC2)CC1)N1CCCCC1. The fourth-order valence-corrected chi connectivity index (χ4v) is 4.91. The van der Waals surface area contributed by atoms with E-state index < -0.39 is 0 Å². The highest BCUT2D eigenvalue weighted by molar-refractivity contribution is 5.81. The van der Waals surface area contributed by atoms with E-state index in [0.29, 0.717) is 11.8 Å². The lowest BCUT2D eigenvalue weighted by molar-refractivity contribution is -0.142. The number of piperidine rings is 1. The van der Waals surface area contributed by atoms with Crippen LogP contribution in [0.5, 0.6) is 0 Å². The van der Waals surface area contributed by atoms with Gasteiger partial charge in [0.15, 0.2) is 0 Å². The van der Waals surface area contributed by atoms with Crippen molar-refractivity contribution in [3.05, 3.63) is 24.4 Å². The van der Waals surface area contributed by atoms with Crippen LogP contribution in [0.4, 0.5) is 5.82 Å². The maximum Gasteiger partial charge on any atom is 0.225 e. The molecule has 2 aliphatic heterocycles. The van der Waals surface area contributed by atoms with E-state index in [9.17, 15) is 9.59 Å². The molecule has 1 saturated carbocycles. The summed E-state index contributed by atoms with van der Waals surface area (Å²) in [6.45, 7) is 5.07. The molecule has 28 heavy (non-hydrogen) atoms. The van der Waals surface area contributed by atoms with E-state index in [2.05, 4.69) is 14.8 Å². The molecule has 0 N–H and O–H groups in total. The van der Waals surface area contributed by atoms with Gasteiger partial charge in [-0.2, -0.15) is 0 Å². The molecule has 6 nitrogen and oxygen atoms in total. The smallest absolute Gasteiger partial charge is 0.225 e. The number of hydrogen-bond donors (Lipinski definition) is 0. The number of carbonyl (C=O) groups is 2. The van der Waals surface area contributed by atoms with Gasteiger partial charge in [-0.1, -0.05) is 6.07 Å². The standard InChI is InChI=1S/C22H32N4O2/c27-21(25-12-4-1-5-13-25)18-7-9-19(10-8-18)22(28)26-16-14-24(15-17-26)20-6-2-3-11-23-20/h2-3,6,11,18-19H,1,4-5,7-10,12-17H2. The quantitative estimate of drug-likeness (QED) is 0.804. The second kappa shape index (κ2) is 8.93. The normalized spacial score (nSPS) is 26.2. The Hall–Kier alpha value is -2.11. The Balaban J connectivity index is 1.24. The number of anilines is 1. The molecule has 3 heterocycles. The van der Waals surface area contributed by atoms with Crippen molar-refractivity contribution in [2.75, 3.05) is 44.2 Å². The van der Waals surface area contributed by atoms with Crippen LogP contribution in [0.3, 0.4) is 0 Å². The van der Waals surface area contributed by atoms with Crippen LogP contribution >= 0.6 is 0 Å². The molecule has 0 radical (unpaired) electrons. The number of amides is 2. The molecule has 2 amide bonds. The van der Waals surface area contributed by atoms with Gasteiger partial charge in [0.05, 0.1) is 0 Å². The molecular weight excluding hydrogens is 352 g/mol. The van der Waals surface area contributed by atoms with Gasteiger partial charge < -0.3 is 14.7 Å². The number of carbonyl (C=O) groups excluding carboxylic acids is 2. The minimum absolute atomic E-state index is 0.104. The molecule has 0 spiro atoms. The second-order valence-corrected chi connectivity index (χ2v) is 8.43. The van der Waals surface area contributed by atoms with Crippen molar-refractivity contribution in [3.8, 4) is 0 Å². The maximum atomic E-state index is 13.0. The summed E-state index contributed by atoms with van der Waals surface area (Å²) in [6.07, 6.45) is 8.83. The summed E-state index contributed by atoms with van der Waals surface area (Å²) >= 11 is 0. The lowest BCUT2D eigenvalue weighted by Gasteiger charge is -2.38. The van der Waals surface area contributed by atoms with Crippen molar-refractivity contribution < 1.29 is 9.59 Å². The Morgan fingerprint density at radius 1 is 0.750 bits per heavy atom. The second-order valence-electron chi connectivity index (χ2n) is 8.43. The van der Waals surface area contributed by atoms with Crippen LogP contribution in [-0.2, 0) is 9.59 Å². The third-order valence-corrected chi connectivity index (χ3v) is 6.66. The third kappa shape index (κ3) is 4.31. The lowest BCUT2D eigenvalue weighted by atomic mass is 9.80. The Kier molecular flexibility index (Phi) is 6.13. The molecule has 3 aliphatic rings. The van der Waals surface area contributed by atoms with E-state index in [4.69, 9.17) is 0 Å². The van der Waals surface area contributed by atoms with Gasteiger partial charge >= 0.3 is 0 Å². The highest BCUT2D eigenvalue weighted by Crippen LogP contribution is 2.32. The van der Waals surface area contributed by atoms with Crippen molar-refractivity contribution >= 4 is 17.6 Å². The molecule has 4 rings (SSSR count). The number of pyridine rings is 1. The molecular formula is C22H32N4O2. The van der Waals surface area contributed by atoms with Gasteiger partial charge in [-0.05, 0) is 57.1 Å². The van der Waals surface area contributed by atoms with Gasteiger partial charge in [-0.15, -0.1) is 0 Å². The van der Waals surface area contributed by atoms with Gasteiger partial charge in [-0.25, -0.2) is 4.98 Å². The summed E-state index contributed by atoms with van der Waals surface area (Å²) in [5.41, 5.74) is 0. The topological polar surface area (TPSA) is 56.8 Å². The van der Waals surface area contributed by atoms with Crippen molar-refractivity contribution in [3.63, 3.8) is 0 Å². The van der Waals surface area contributed by atoms with Crippen molar-refractivity contribution in [1.29, 1.82) is 0 Å². The average Bonchev–Trinajstić information content (AvgIpc) is 2.79. The number of rotatable bonds is 3. The Labute approximate surface area is 167 Å². The number of nitrogens with zero attached hydrogens (tertiary/aromatic N) is 4. The Bertz CT molecular complexity index is 658. The molecule has 152 valence electrons. The molecule has 2 saturated heterocycles. The summed E-state index contributed by atoms with van der Waals surface area (Å²) < 4.78 is 0. The van der Waals surface area contributed by atoms with Gasteiger partial charge in [-0.3, -0.25) is 9.59 Å². The van der Waals surface area contributed by atoms with Gasteiger partial charge in [0.25, 0.3) is 0 Å². The van der Waals surface area contributed by atoms with Crippen molar-refractivity contribution in [2.24, 2.45) is 11.8 Å². The predicted molar refractivity (Wildman–Crippen MR) is 109 cm³/mol. The van der Waals surface area contributed by atoms with Gasteiger partial charge in [0.1, 0.15) is 5.82 Å². The van der Waals surface area contributed by atoms with Crippen molar-refractivity contribution in [2.45, 2.75) is 44.9 Å². The number of hydrogen-bond acceptors (Lipinski definition) is 4. The van der Waals surface area contributed by atoms with E-state index in [-0.39, 0.29) is 11.8 Å². The zero-order valence-electron chi connectivity index (χ0n) is 16.8. The van der Waals surface area contributed by atoms with E-state index >= 15 is 0 Å². The van der Waals surface area contributed by atoms with E-state index in [1.807, 2.05) is 29.3 Å². The highest BCUT2D eigenvalue weighted by atomic mass is 16.2. The summed E-state index contributed by atoms with van der Waals surface area (Å²) in [5, 5.41) is 0. The summed E-state index contributed by atoms with van der Waals surface area (Å²) in [5.74, 6) is 1.88. The first kappa shape index (κ1) is 19.2. The van der Waals surface area contributed by atoms with E-state index in [1.54, 1.807) is 0 Å². The third-order valence-electron chi connectivity index (χ3n) is 6.66. The zero-order chi connectivity index (χ0) is 19.3. The van der Waals surface area contributed by atoms with Crippen molar-refractivity contribution in [1.82, 2.24) is 14.8 Å². The number of aromatic nitrogens is 1. The molecule has 1 aliphatic carbocycles.